The molecule has 122 valence electrons. The van der Waals surface area contributed by atoms with Crippen molar-refractivity contribution in [2.75, 3.05) is 13.1 Å². The van der Waals surface area contributed by atoms with E-state index >= 15 is 0 Å². The molecule has 2 aliphatic rings. The summed E-state index contributed by atoms with van der Waals surface area (Å²) < 4.78 is 0. The van der Waals surface area contributed by atoms with E-state index in [0.29, 0.717) is 0 Å². The minimum Gasteiger partial charge on any atom is -0.317 e. The van der Waals surface area contributed by atoms with E-state index in [1.54, 1.807) is 11.1 Å². The number of hydrogen-bond donors (Lipinski definition) is 1. The van der Waals surface area contributed by atoms with Gasteiger partial charge in [-0.3, -0.25) is 0 Å². The molecule has 0 amide bonds. The number of aryl methyl sites for hydroxylation is 1. The van der Waals surface area contributed by atoms with Gasteiger partial charge < -0.3 is 5.32 Å². The average molecular weight is 315 g/mol. The number of hydrogen-bond acceptors (Lipinski definition) is 1. The second-order valence-electron chi connectivity index (χ2n) is 7.68. The molecule has 24 heavy (non-hydrogen) atoms. The van der Waals surface area contributed by atoms with Gasteiger partial charge >= 0.3 is 0 Å². The Balaban J connectivity index is 1.56. The zero-order chi connectivity index (χ0) is 15.9. The van der Waals surface area contributed by atoms with Crippen molar-refractivity contribution < 1.29 is 0 Å². The van der Waals surface area contributed by atoms with Crippen molar-refractivity contribution in [1.29, 1.82) is 0 Å². The molecule has 1 saturated heterocycles. The Morgan fingerprint density at radius 1 is 0.708 bits per heavy atom. The minimum absolute atomic E-state index is 0.900. The monoisotopic (exact) mass is 315 g/mol. The summed E-state index contributed by atoms with van der Waals surface area (Å²) >= 11 is 0. The number of benzene rings is 3. The molecule has 1 heteroatoms. The average Bonchev–Trinajstić information content (AvgIpc) is 2.67. The molecular formula is C23H25N. The highest BCUT2D eigenvalue weighted by molar-refractivity contribution is 6.08. The van der Waals surface area contributed by atoms with Gasteiger partial charge in [0, 0.05) is 0 Å². The molecule has 0 radical (unpaired) electrons. The highest BCUT2D eigenvalue weighted by Gasteiger charge is 2.28. The predicted octanol–water partition coefficient (Wildman–Crippen LogP) is 5.10. The molecular weight excluding hydrogens is 290 g/mol. The van der Waals surface area contributed by atoms with Crippen LogP contribution in [0.4, 0.5) is 0 Å². The Bertz CT molecular complexity index is 889. The Labute approximate surface area is 144 Å². The maximum absolute atomic E-state index is 3.51. The molecule has 1 N–H and O–H groups in total. The third-order valence-corrected chi connectivity index (χ3v) is 6.43. The highest BCUT2D eigenvalue weighted by Crippen LogP contribution is 2.38. The van der Waals surface area contributed by atoms with Crippen molar-refractivity contribution in [1.82, 2.24) is 5.32 Å². The molecule has 0 aromatic heterocycles. The van der Waals surface area contributed by atoms with Gasteiger partial charge in [0.25, 0.3) is 0 Å². The zero-order valence-electron chi connectivity index (χ0n) is 14.2. The standard InChI is InChI=1S/C23H25N/c1-2-4-20-17(3-1)5-9-23-21-8-6-18(16-11-13-24-14-12-16)15-19(21)7-10-22(20)23/h1-5,7,9-10,16,18,24H,6,8,11-15H2. The number of piperidine rings is 1. The molecule has 3 aromatic rings. The molecule has 0 spiro atoms. The molecule has 1 unspecified atom stereocenters. The summed E-state index contributed by atoms with van der Waals surface area (Å²) in [5.41, 5.74) is 3.25. The zero-order valence-corrected chi connectivity index (χ0v) is 14.2. The van der Waals surface area contributed by atoms with Crippen LogP contribution in [0.1, 0.15) is 30.4 Å². The van der Waals surface area contributed by atoms with Crippen molar-refractivity contribution >= 4 is 21.5 Å². The molecule has 1 atom stereocenters. The van der Waals surface area contributed by atoms with Gasteiger partial charge in [-0.2, -0.15) is 0 Å². The number of fused-ring (bicyclic) bond motifs is 5. The van der Waals surface area contributed by atoms with E-state index in [1.165, 1.54) is 66.7 Å². The fraction of sp³-hybridized carbons (Fsp3) is 0.391. The Kier molecular flexibility index (Phi) is 3.56. The van der Waals surface area contributed by atoms with Crippen LogP contribution in [0.25, 0.3) is 21.5 Å². The first-order valence-corrected chi connectivity index (χ1v) is 9.53. The lowest BCUT2D eigenvalue weighted by Gasteiger charge is -2.34. The maximum Gasteiger partial charge on any atom is -0.00462 e. The van der Waals surface area contributed by atoms with Crippen molar-refractivity contribution in [3.8, 4) is 0 Å². The molecule has 1 nitrogen and oxygen atoms in total. The normalized spacial score (nSPS) is 21.9. The van der Waals surface area contributed by atoms with Gasteiger partial charge in [0.15, 0.2) is 0 Å². The lowest BCUT2D eigenvalue weighted by Crippen LogP contribution is -2.33. The van der Waals surface area contributed by atoms with Gasteiger partial charge in [-0.25, -0.2) is 0 Å². The molecule has 3 aromatic carbocycles. The Morgan fingerprint density at radius 2 is 1.54 bits per heavy atom. The topological polar surface area (TPSA) is 12.0 Å². The van der Waals surface area contributed by atoms with Crippen LogP contribution in [0.2, 0.25) is 0 Å². The summed E-state index contributed by atoms with van der Waals surface area (Å²) in [5.74, 6) is 1.84. The van der Waals surface area contributed by atoms with Crippen LogP contribution < -0.4 is 5.32 Å². The van der Waals surface area contributed by atoms with Crippen LogP contribution in [0.15, 0.2) is 48.5 Å². The molecule has 0 saturated carbocycles. The summed E-state index contributed by atoms with van der Waals surface area (Å²) in [4.78, 5) is 0. The van der Waals surface area contributed by atoms with Crippen LogP contribution in [-0.4, -0.2) is 13.1 Å². The fourth-order valence-electron chi connectivity index (χ4n) is 5.11. The van der Waals surface area contributed by atoms with Crippen LogP contribution in [0.3, 0.4) is 0 Å². The van der Waals surface area contributed by atoms with Crippen molar-refractivity contribution in [2.24, 2.45) is 11.8 Å². The quantitative estimate of drug-likeness (QED) is 0.616. The first-order valence-electron chi connectivity index (χ1n) is 9.53. The van der Waals surface area contributed by atoms with Crippen molar-refractivity contribution in [3.63, 3.8) is 0 Å². The fourth-order valence-corrected chi connectivity index (χ4v) is 5.11. The number of nitrogens with one attached hydrogen (secondary N) is 1. The van der Waals surface area contributed by atoms with Gasteiger partial charge in [-0.1, -0.05) is 48.5 Å². The van der Waals surface area contributed by atoms with E-state index < -0.39 is 0 Å². The molecule has 0 bridgehead atoms. The minimum atomic E-state index is 0.900. The van der Waals surface area contributed by atoms with E-state index in [1.807, 2.05) is 0 Å². The van der Waals surface area contributed by atoms with Crippen LogP contribution >= 0.6 is 0 Å². The third kappa shape index (κ3) is 2.34. The second kappa shape index (κ2) is 5.89. The summed E-state index contributed by atoms with van der Waals surface area (Å²) in [7, 11) is 0. The second-order valence-corrected chi connectivity index (χ2v) is 7.68. The van der Waals surface area contributed by atoms with Gasteiger partial charge in [0.1, 0.15) is 0 Å². The van der Waals surface area contributed by atoms with Crippen molar-refractivity contribution in [3.05, 3.63) is 59.7 Å². The largest absolute Gasteiger partial charge is 0.317 e. The smallest absolute Gasteiger partial charge is 0.00462 e. The first kappa shape index (κ1) is 14.5. The van der Waals surface area contributed by atoms with Gasteiger partial charge in [-0.15, -0.1) is 0 Å². The Morgan fingerprint density at radius 3 is 2.46 bits per heavy atom. The summed E-state index contributed by atoms with van der Waals surface area (Å²) in [5, 5.41) is 9.20. The summed E-state index contributed by atoms with van der Waals surface area (Å²) in [6.07, 6.45) is 6.68. The highest BCUT2D eigenvalue weighted by atomic mass is 14.9. The van der Waals surface area contributed by atoms with Gasteiger partial charge in [0.2, 0.25) is 0 Å². The van der Waals surface area contributed by atoms with Crippen LogP contribution in [-0.2, 0) is 12.8 Å². The summed E-state index contributed by atoms with van der Waals surface area (Å²) in [6.45, 7) is 2.44. The third-order valence-electron chi connectivity index (χ3n) is 6.43. The predicted molar refractivity (Wildman–Crippen MR) is 103 cm³/mol. The molecule has 1 fully saturated rings. The van der Waals surface area contributed by atoms with Gasteiger partial charge in [-0.05, 0) is 89.7 Å². The lowest BCUT2D eigenvalue weighted by molar-refractivity contribution is 0.238. The van der Waals surface area contributed by atoms with Gasteiger partial charge in [0.05, 0.1) is 0 Å². The van der Waals surface area contributed by atoms with E-state index in [-0.39, 0.29) is 0 Å². The molecule has 5 rings (SSSR count). The number of rotatable bonds is 1. The molecule has 1 heterocycles. The van der Waals surface area contributed by atoms with Crippen LogP contribution in [0, 0.1) is 11.8 Å². The van der Waals surface area contributed by atoms with E-state index in [4.69, 9.17) is 0 Å². The SMILES string of the molecule is c1ccc2c(c1)ccc1c3c(ccc12)CC(C1CCNCC1)CC3. The van der Waals surface area contributed by atoms with E-state index in [0.717, 1.165) is 11.8 Å². The molecule has 1 aliphatic carbocycles. The first-order chi connectivity index (χ1) is 11.9. The maximum atomic E-state index is 3.51. The lowest BCUT2D eigenvalue weighted by atomic mass is 9.73. The van der Waals surface area contributed by atoms with E-state index in [2.05, 4.69) is 53.8 Å². The molecule has 1 aliphatic heterocycles. The van der Waals surface area contributed by atoms with Crippen LogP contribution in [0.5, 0.6) is 0 Å². The van der Waals surface area contributed by atoms with Crippen molar-refractivity contribution in [2.45, 2.75) is 32.1 Å². The Hall–Kier alpha value is -1.86. The van der Waals surface area contributed by atoms with E-state index in [9.17, 15) is 0 Å². The summed E-state index contributed by atoms with van der Waals surface area (Å²) in [6, 6.07) is 18.3.